The van der Waals surface area contributed by atoms with Gasteiger partial charge in [0, 0.05) is 51.3 Å². The molecule has 6 nitrogen and oxygen atoms in total. The number of nitrogens with zero attached hydrogens (tertiary/aromatic N) is 4. The Bertz CT molecular complexity index is 731. The second kappa shape index (κ2) is 6.04. The van der Waals surface area contributed by atoms with E-state index in [9.17, 15) is 0 Å². The van der Waals surface area contributed by atoms with Gasteiger partial charge < -0.3 is 14.6 Å². The molecule has 1 aliphatic carbocycles. The monoisotopic (exact) mass is 339 g/mol. The number of piperazine rings is 1. The van der Waals surface area contributed by atoms with Crippen molar-refractivity contribution in [2.75, 3.05) is 26.7 Å². The fraction of sp³-hybridized carbons (Fsp3) is 0.526. The van der Waals surface area contributed by atoms with E-state index in [1.807, 2.05) is 6.20 Å². The van der Waals surface area contributed by atoms with Gasteiger partial charge in [0.05, 0.1) is 5.69 Å². The van der Waals surface area contributed by atoms with Gasteiger partial charge in [0.2, 0.25) is 0 Å². The fourth-order valence-electron chi connectivity index (χ4n) is 4.32. The zero-order valence-electron chi connectivity index (χ0n) is 14.7. The SMILES string of the molecule is CN1C=COC1C1C=C2CN(Cc3cc4c(cn3)CCC4)CCN2N1. The maximum Gasteiger partial charge on any atom is 0.191 e. The molecule has 0 radical (unpaired) electrons. The van der Waals surface area contributed by atoms with Crippen LogP contribution < -0.4 is 5.43 Å². The van der Waals surface area contributed by atoms with Crippen LogP contribution in [0.1, 0.15) is 23.2 Å². The van der Waals surface area contributed by atoms with Gasteiger partial charge in [-0.15, -0.1) is 0 Å². The van der Waals surface area contributed by atoms with E-state index >= 15 is 0 Å². The molecule has 2 atom stereocenters. The Balaban J connectivity index is 1.25. The largest absolute Gasteiger partial charge is 0.475 e. The summed E-state index contributed by atoms with van der Waals surface area (Å²) in [6.45, 7) is 3.95. The number of rotatable bonds is 3. The van der Waals surface area contributed by atoms with Crippen molar-refractivity contribution in [2.45, 2.75) is 38.1 Å². The van der Waals surface area contributed by atoms with Crippen molar-refractivity contribution >= 4 is 0 Å². The normalized spacial score (nSPS) is 28.1. The highest BCUT2D eigenvalue weighted by Gasteiger charge is 2.35. The second-order valence-electron chi connectivity index (χ2n) is 7.45. The van der Waals surface area contributed by atoms with Crippen LogP contribution in [-0.2, 0) is 24.1 Å². The van der Waals surface area contributed by atoms with E-state index in [0.717, 1.165) is 26.2 Å². The first-order valence-corrected chi connectivity index (χ1v) is 9.24. The van der Waals surface area contributed by atoms with E-state index in [1.165, 1.54) is 41.8 Å². The molecule has 1 aromatic heterocycles. The van der Waals surface area contributed by atoms with Crippen LogP contribution in [0, 0.1) is 0 Å². The van der Waals surface area contributed by atoms with Crippen molar-refractivity contribution in [2.24, 2.45) is 0 Å². The molecule has 0 bridgehead atoms. The molecule has 3 aliphatic heterocycles. The summed E-state index contributed by atoms with van der Waals surface area (Å²) in [7, 11) is 2.05. The highest BCUT2D eigenvalue weighted by atomic mass is 16.5. The number of hydrazine groups is 1. The first-order valence-electron chi connectivity index (χ1n) is 9.24. The van der Waals surface area contributed by atoms with Gasteiger partial charge >= 0.3 is 0 Å². The molecule has 0 aromatic carbocycles. The molecule has 132 valence electrons. The molecule has 0 saturated carbocycles. The molecular formula is C19H25N5O. The molecule has 5 rings (SSSR count). The molecular weight excluding hydrogens is 314 g/mol. The Morgan fingerprint density at radius 1 is 1.28 bits per heavy atom. The van der Waals surface area contributed by atoms with Gasteiger partial charge in [-0.2, -0.15) is 0 Å². The fourth-order valence-corrected chi connectivity index (χ4v) is 4.32. The van der Waals surface area contributed by atoms with Gasteiger partial charge in [0.1, 0.15) is 12.3 Å². The predicted octanol–water partition coefficient (Wildman–Crippen LogP) is 1.22. The van der Waals surface area contributed by atoms with E-state index < -0.39 is 0 Å². The number of fused-ring (bicyclic) bond motifs is 2. The molecule has 1 N–H and O–H groups in total. The number of aromatic nitrogens is 1. The summed E-state index contributed by atoms with van der Waals surface area (Å²) in [4.78, 5) is 9.30. The van der Waals surface area contributed by atoms with Crippen molar-refractivity contribution in [3.8, 4) is 0 Å². The lowest BCUT2D eigenvalue weighted by Crippen LogP contribution is -2.51. The number of nitrogens with one attached hydrogen (secondary N) is 1. The molecule has 0 spiro atoms. The summed E-state index contributed by atoms with van der Waals surface area (Å²) in [6.07, 6.45) is 11.9. The summed E-state index contributed by atoms with van der Waals surface area (Å²) >= 11 is 0. The number of likely N-dealkylation sites (N-methyl/N-ethyl adjacent to an activating group) is 1. The van der Waals surface area contributed by atoms with Gasteiger partial charge in [-0.1, -0.05) is 0 Å². The van der Waals surface area contributed by atoms with E-state index in [1.54, 1.807) is 6.26 Å². The van der Waals surface area contributed by atoms with Crippen molar-refractivity contribution in [1.82, 2.24) is 25.2 Å². The van der Waals surface area contributed by atoms with Crippen LogP contribution in [-0.4, -0.2) is 58.7 Å². The van der Waals surface area contributed by atoms with E-state index in [4.69, 9.17) is 9.72 Å². The molecule has 4 heterocycles. The maximum absolute atomic E-state index is 5.71. The smallest absolute Gasteiger partial charge is 0.191 e. The van der Waals surface area contributed by atoms with Crippen LogP contribution in [0.15, 0.2) is 36.5 Å². The highest BCUT2D eigenvalue weighted by Crippen LogP contribution is 2.25. The Labute approximate surface area is 148 Å². The number of hydrogen-bond donors (Lipinski definition) is 1. The van der Waals surface area contributed by atoms with Gasteiger partial charge in [0.25, 0.3) is 0 Å². The minimum absolute atomic E-state index is 0.0462. The number of ether oxygens (including phenoxy) is 1. The number of aryl methyl sites for hydroxylation is 2. The van der Waals surface area contributed by atoms with Crippen molar-refractivity contribution in [3.05, 3.63) is 53.3 Å². The quantitative estimate of drug-likeness (QED) is 0.893. The van der Waals surface area contributed by atoms with Crippen LogP contribution in [0.3, 0.4) is 0 Å². The van der Waals surface area contributed by atoms with Crippen molar-refractivity contribution in [3.63, 3.8) is 0 Å². The third-order valence-electron chi connectivity index (χ3n) is 5.69. The molecule has 6 heteroatoms. The third kappa shape index (κ3) is 2.79. The zero-order chi connectivity index (χ0) is 16.8. The zero-order valence-corrected chi connectivity index (χ0v) is 14.7. The van der Waals surface area contributed by atoms with E-state index in [2.05, 4.69) is 45.6 Å². The average Bonchev–Trinajstić information content (AvgIpc) is 3.32. The minimum atomic E-state index is 0.0462. The molecule has 1 aromatic rings. The summed E-state index contributed by atoms with van der Waals surface area (Å²) in [5.41, 5.74) is 9.10. The second-order valence-corrected chi connectivity index (χ2v) is 7.45. The predicted molar refractivity (Wildman–Crippen MR) is 95.0 cm³/mol. The lowest BCUT2D eigenvalue weighted by Gasteiger charge is -2.35. The third-order valence-corrected chi connectivity index (χ3v) is 5.69. The van der Waals surface area contributed by atoms with Gasteiger partial charge in [-0.3, -0.25) is 9.88 Å². The maximum atomic E-state index is 5.71. The minimum Gasteiger partial charge on any atom is -0.475 e. The van der Waals surface area contributed by atoms with E-state index in [0.29, 0.717) is 0 Å². The number of pyridine rings is 1. The van der Waals surface area contributed by atoms with Gasteiger partial charge in [-0.05, 0) is 42.5 Å². The standard InChI is InChI=1S/C19H25N5O/c1-22-7-8-25-19(22)18-10-17-13-23(5-6-24(17)21-18)12-16-9-14-3-2-4-15(14)11-20-16/h7-11,18-19,21H,2-6,12-13H2,1H3. The van der Waals surface area contributed by atoms with Crippen LogP contribution in [0.5, 0.6) is 0 Å². The van der Waals surface area contributed by atoms with Gasteiger partial charge in [0.15, 0.2) is 6.23 Å². The molecule has 25 heavy (non-hydrogen) atoms. The van der Waals surface area contributed by atoms with Crippen molar-refractivity contribution in [1.29, 1.82) is 0 Å². The average molecular weight is 339 g/mol. The lowest BCUT2D eigenvalue weighted by molar-refractivity contribution is 0.0316. The Hall–Kier alpha value is -2.05. The van der Waals surface area contributed by atoms with E-state index in [-0.39, 0.29) is 12.3 Å². The molecule has 1 fully saturated rings. The highest BCUT2D eigenvalue weighted by molar-refractivity contribution is 5.30. The van der Waals surface area contributed by atoms with Crippen LogP contribution in [0.2, 0.25) is 0 Å². The Kier molecular flexibility index (Phi) is 3.68. The Morgan fingerprint density at radius 2 is 2.20 bits per heavy atom. The molecule has 1 saturated heterocycles. The topological polar surface area (TPSA) is 43.9 Å². The Morgan fingerprint density at radius 3 is 3.08 bits per heavy atom. The summed E-state index contributed by atoms with van der Waals surface area (Å²) in [5, 5.41) is 2.28. The first kappa shape index (κ1) is 15.2. The van der Waals surface area contributed by atoms with Crippen LogP contribution in [0.4, 0.5) is 0 Å². The lowest BCUT2D eigenvalue weighted by atomic mass is 10.1. The van der Waals surface area contributed by atoms with Crippen LogP contribution >= 0.6 is 0 Å². The summed E-state index contributed by atoms with van der Waals surface area (Å²) in [6, 6.07) is 2.53. The van der Waals surface area contributed by atoms with Gasteiger partial charge in [-0.25, -0.2) is 5.43 Å². The molecule has 0 amide bonds. The summed E-state index contributed by atoms with van der Waals surface area (Å²) < 4.78 is 5.71. The molecule has 2 unspecified atom stereocenters. The van der Waals surface area contributed by atoms with Crippen LogP contribution in [0.25, 0.3) is 0 Å². The summed E-state index contributed by atoms with van der Waals surface area (Å²) in [5.74, 6) is 0. The van der Waals surface area contributed by atoms with Crippen molar-refractivity contribution < 1.29 is 4.74 Å². The number of hydrogen-bond acceptors (Lipinski definition) is 6. The molecule has 4 aliphatic rings. The first-order chi connectivity index (χ1) is 12.3.